The van der Waals surface area contributed by atoms with Crippen molar-refractivity contribution in [2.24, 2.45) is 0 Å². The molecule has 0 aliphatic carbocycles. The zero-order chi connectivity index (χ0) is 22.1. The summed E-state index contributed by atoms with van der Waals surface area (Å²) in [7, 11) is 0. The van der Waals surface area contributed by atoms with Gasteiger partial charge in [-0.1, -0.05) is 48.5 Å². The number of phenolic OH excluding ortho intramolecular Hbond substituents is 1. The number of thiazole rings is 1. The highest BCUT2D eigenvalue weighted by Gasteiger charge is 2.17. The fourth-order valence-electron chi connectivity index (χ4n) is 3.69. The third kappa shape index (κ3) is 3.37. The molecule has 1 aromatic heterocycles. The predicted octanol–water partition coefficient (Wildman–Crippen LogP) is 6.75. The van der Waals surface area contributed by atoms with Crippen LogP contribution in [0.15, 0.2) is 84.9 Å². The van der Waals surface area contributed by atoms with E-state index in [1.54, 1.807) is 36.4 Å². The second-order valence-corrected chi connectivity index (χ2v) is 8.25. The van der Waals surface area contributed by atoms with E-state index in [1.165, 1.54) is 11.3 Å². The molecule has 0 unspecified atom stereocenters. The Morgan fingerprint density at radius 3 is 1.81 bits per heavy atom. The summed E-state index contributed by atoms with van der Waals surface area (Å²) in [6.45, 7) is 0. The van der Waals surface area contributed by atoms with Crippen molar-refractivity contribution in [2.75, 3.05) is 0 Å². The summed E-state index contributed by atoms with van der Waals surface area (Å²) in [6.07, 6.45) is 0. The van der Waals surface area contributed by atoms with Crippen molar-refractivity contribution < 1.29 is 5.11 Å². The van der Waals surface area contributed by atoms with Gasteiger partial charge in [0.05, 0.1) is 39.0 Å². The molecule has 0 aliphatic heterocycles. The van der Waals surface area contributed by atoms with E-state index >= 15 is 0 Å². The Labute approximate surface area is 188 Å². The number of fused-ring (bicyclic) bond motifs is 1. The molecule has 1 heterocycles. The third-order valence-electron chi connectivity index (χ3n) is 5.33. The molecule has 32 heavy (non-hydrogen) atoms. The van der Waals surface area contributed by atoms with Crippen molar-refractivity contribution in [1.29, 1.82) is 10.5 Å². The van der Waals surface area contributed by atoms with Crippen LogP contribution in [0.3, 0.4) is 0 Å². The summed E-state index contributed by atoms with van der Waals surface area (Å²) >= 11 is 1.52. The monoisotopic (exact) mass is 429 g/mol. The van der Waals surface area contributed by atoms with Crippen LogP contribution in [0, 0.1) is 22.7 Å². The quantitative estimate of drug-likeness (QED) is 0.344. The molecule has 0 atom stereocenters. The lowest BCUT2D eigenvalue weighted by Gasteiger charge is -2.08. The van der Waals surface area contributed by atoms with Gasteiger partial charge in [0.15, 0.2) is 0 Å². The Bertz CT molecular complexity index is 1440. The van der Waals surface area contributed by atoms with Gasteiger partial charge < -0.3 is 5.11 Å². The molecule has 0 saturated heterocycles. The van der Waals surface area contributed by atoms with E-state index in [2.05, 4.69) is 18.2 Å². The fraction of sp³-hybridized carbons (Fsp3) is 0. The standard InChI is InChI=1S/C27H15N3OS/c28-15-17-5-9-19(10-6-17)21-13-14-22(20-11-7-18(16-29)8-12-20)26-25(21)30-27(32-26)23-3-1-2-4-24(23)31/h1-14,31H. The van der Waals surface area contributed by atoms with Crippen molar-refractivity contribution in [1.82, 2.24) is 4.98 Å². The second kappa shape index (κ2) is 8.00. The summed E-state index contributed by atoms with van der Waals surface area (Å²) in [5.41, 5.74) is 6.67. The van der Waals surface area contributed by atoms with Gasteiger partial charge in [-0.05, 0) is 47.5 Å². The Kier molecular flexibility index (Phi) is 4.88. The van der Waals surface area contributed by atoms with Gasteiger partial charge in [0.1, 0.15) is 10.8 Å². The average Bonchev–Trinajstić information content (AvgIpc) is 3.29. The molecular formula is C27H15N3OS. The lowest BCUT2D eigenvalue weighted by molar-refractivity contribution is 0.477. The van der Waals surface area contributed by atoms with Crippen LogP contribution in [0.5, 0.6) is 5.75 Å². The minimum Gasteiger partial charge on any atom is -0.507 e. The van der Waals surface area contributed by atoms with Gasteiger partial charge in [-0.2, -0.15) is 10.5 Å². The molecule has 0 amide bonds. The summed E-state index contributed by atoms with van der Waals surface area (Å²) in [5, 5.41) is 29.4. The minimum atomic E-state index is 0.186. The molecule has 0 saturated carbocycles. The molecule has 0 aliphatic rings. The van der Waals surface area contributed by atoms with Gasteiger partial charge in [-0.15, -0.1) is 11.3 Å². The van der Waals surface area contributed by atoms with E-state index in [-0.39, 0.29) is 5.75 Å². The summed E-state index contributed by atoms with van der Waals surface area (Å²) in [6, 6.07) is 30.5. The van der Waals surface area contributed by atoms with Crippen LogP contribution in [-0.2, 0) is 0 Å². The SMILES string of the molecule is N#Cc1ccc(-c2ccc(-c3ccc(C#N)cc3)c3sc(-c4ccccc4O)nc23)cc1. The first-order chi connectivity index (χ1) is 15.7. The van der Waals surface area contributed by atoms with Crippen LogP contribution in [0.1, 0.15) is 11.1 Å². The van der Waals surface area contributed by atoms with Gasteiger partial charge in [-0.3, -0.25) is 0 Å². The van der Waals surface area contributed by atoms with Gasteiger partial charge in [0.25, 0.3) is 0 Å². The number of hydrogen-bond donors (Lipinski definition) is 1. The molecule has 5 heteroatoms. The number of rotatable bonds is 3. The molecule has 0 spiro atoms. The van der Waals surface area contributed by atoms with E-state index < -0.39 is 0 Å². The van der Waals surface area contributed by atoms with Gasteiger partial charge in [0.2, 0.25) is 0 Å². The van der Waals surface area contributed by atoms with Gasteiger partial charge in [-0.25, -0.2) is 4.98 Å². The smallest absolute Gasteiger partial charge is 0.128 e. The number of para-hydroxylation sites is 1. The fourth-order valence-corrected chi connectivity index (χ4v) is 4.85. The minimum absolute atomic E-state index is 0.186. The van der Waals surface area contributed by atoms with E-state index in [0.717, 1.165) is 37.5 Å². The Balaban J connectivity index is 1.76. The molecule has 5 rings (SSSR count). The van der Waals surface area contributed by atoms with Gasteiger partial charge >= 0.3 is 0 Å². The summed E-state index contributed by atoms with van der Waals surface area (Å²) in [5.74, 6) is 0.186. The number of nitriles is 2. The average molecular weight is 430 g/mol. The molecular weight excluding hydrogens is 414 g/mol. The lowest BCUT2D eigenvalue weighted by Crippen LogP contribution is -1.85. The molecule has 4 aromatic carbocycles. The Hall–Kier alpha value is -4.45. The molecule has 4 nitrogen and oxygen atoms in total. The summed E-state index contributed by atoms with van der Waals surface area (Å²) in [4.78, 5) is 4.92. The molecule has 0 fully saturated rings. The third-order valence-corrected chi connectivity index (χ3v) is 6.45. The van der Waals surface area contributed by atoms with Crippen molar-refractivity contribution in [2.45, 2.75) is 0 Å². The first-order valence-electron chi connectivity index (χ1n) is 9.91. The van der Waals surface area contributed by atoms with Crippen molar-refractivity contribution in [3.05, 3.63) is 96.1 Å². The van der Waals surface area contributed by atoms with Gasteiger partial charge in [0, 0.05) is 11.1 Å². The maximum atomic E-state index is 10.4. The van der Waals surface area contributed by atoms with Crippen LogP contribution in [0.4, 0.5) is 0 Å². The molecule has 0 bridgehead atoms. The first kappa shape index (κ1) is 19.5. The number of nitrogens with zero attached hydrogens (tertiary/aromatic N) is 3. The summed E-state index contributed by atoms with van der Waals surface area (Å²) < 4.78 is 0.995. The van der Waals surface area contributed by atoms with Crippen molar-refractivity contribution >= 4 is 21.6 Å². The molecule has 5 aromatic rings. The number of aromatic nitrogens is 1. The maximum Gasteiger partial charge on any atom is 0.128 e. The number of benzene rings is 4. The maximum absolute atomic E-state index is 10.4. The number of phenols is 1. The van der Waals surface area contributed by atoms with E-state index in [0.29, 0.717) is 16.7 Å². The molecule has 150 valence electrons. The van der Waals surface area contributed by atoms with Crippen LogP contribution in [0.25, 0.3) is 43.0 Å². The van der Waals surface area contributed by atoms with E-state index in [1.807, 2.05) is 42.5 Å². The first-order valence-corrected chi connectivity index (χ1v) is 10.7. The highest BCUT2D eigenvalue weighted by atomic mass is 32.1. The van der Waals surface area contributed by atoms with Crippen LogP contribution < -0.4 is 0 Å². The van der Waals surface area contributed by atoms with Crippen LogP contribution in [0.2, 0.25) is 0 Å². The largest absolute Gasteiger partial charge is 0.507 e. The zero-order valence-electron chi connectivity index (χ0n) is 16.8. The zero-order valence-corrected chi connectivity index (χ0v) is 17.6. The normalized spacial score (nSPS) is 10.6. The number of aromatic hydroxyl groups is 1. The highest BCUT2D eigenvalue weighted by molar-refractivity contribution is 7.22. The van der Waals surface area contributed by atoms with E-state index in [9.17, 15) is 5.11 Å². The lowest BCUT2D eigenvalue weighted by atomic mass is 9.98. The van der Waals surface area contributed by atoms with Crippen LogP contribution in [-0.4, -0.2) is 10.1 Å². The van der Waals surface area contributed by atoms with E-state index in [4.69, 9.17) is 15.5 Å². The Morgan fingerprint density at radius 2 is 1.22 bits per heavy atom. The van der Waals surface area contributed by atoms with Crippen molar-refractivity contribution in [3.8, 4) is 50.7 Å². The highest BCUT2D eigenvalue weighted by Crippen LogP contribution is 2.43. The second-order valence-electron chi connectivity index (χ2n) is 7.25. The topological polar surface area (TPSA) is 80.7 Å². The van der Waals surface area contributed by atoms with Crippen molar-refractivity contribution in [3.63, 3.8) is 0 Å². The molecule has 0 radical (unpaired) electrons. The Morgan fingerprint density at radius 1 is 0.656 bits per heavy atom. The molecule has 1 N–H and O–H groups in total. The predicted molar refractivity (Wildman–Crippen MR) is 127 cm³/mol. The van der Waals surface area contributed by atoms with Crippen LogP contribution >= 0.6 is 11.3 Å². The number of hydrogen-bond acceptors (Lipinski definition) is 5.